The van der Waals surface area contributed by atoms with E-state index in [1.807, 2.05) is 24.3 Å². The molecule has 0 bridgehead atoms. The second-order valence-electron chi connectivity index (χ2n) is 5.05. The first-order valence-corrected chi connectivity index (χ1v) is 6.73. The van der Waals surface area contributed by atoms with Crippen LogP contribution in [-0.4, -0.2) is 42.3 Å². The molecule has 0 aromatic heterocycles. The Morgan fingerprint density at radius 2 is 2.16 bits per heavy atom. The van der Waals surface area contributed by atoms with Crippen LogP contribution in [0.4, 0.5) is 0 Å². The zero-order valence-electron chi connectivity index (χ0n) is 11.3. The molecule has 1 N–H and O–H groups in total. The van der Waals surface area contributed by atoms with E-state index in [9.17, 15) is 9.90 Å². The van der Waals surface area contributed by atoms with Crippen LogP contribution >= 0.6 is 0 Å². The number of nitrogens with zero attached hydrogens (tertiary/aromatic N) is 1. The molecule has 4 heteroatoms. The second-order valence-corrected chi connectivity index (χ2v) is 5.05. The van der Waals surface area contributed by atoms with Crippen LogP contribution < -0.4 is 0 Å². The van der Waals surface area contributed by atoms with E-state index >= 15 is 0 Å². The lowest BCUT2D eigenvalue weighted by atomic mass is 10.0. The van der Waals surface area contributed by atoms with Crippen molar-refractivity contribution in [2.75, 3.05) is 20.2 Å². The Labute approximate surface area is 114 Å². The third kappa shape index (κ3) is 4.04. The van der Waals surface area contributed by atoms with Crippen molar-refractivity contribution in [1.82, 2.24) is 4.90 Å². The number of esters is 1. The Morgan fingerprint density at radius 1 is 1.42 bits per heavy atom. The number of aliphatic hydroxyl groups is 1. The Bertz CT molecular complexity index is 433. The quantitative estimate of drug-likeness (QED) is 0.833. The fourth-order valence-electron chi connectivity index (χ4n) is 2.53. The molecule has 0 aliphatic carbocycles. The molecule has 2 rings (SSSR count). The van der Waals surface area contributed by atoms with Gasteiger partial charge < -0.3 is 9.84 Å². The van der Waals surface area contributed by atoms with Gasteiger partial charge >= 0.3 is 5.97 Å². The third-order valence-corrected chi connectivity index (χ3v) is 3.56. The minimum absolute atomic E-state index is 0.217. The number of rotatable bonds is 4. The van der Waals surface area contributed by atoms with Crippen molar-refractivity contribution in [2.24, 2.45) is 0 Å². The van der Waals surface area contributed by atoms with Gasteiger partial charge in [0, 0.05) is 13.1 Å². The SMILES string of the molecule is COC(=O)Cc1ccccc1CN1CCC[C@H](O)C1. The van der Waals surface area contributed by atoms with Crippen LogP contribution in [0.15, 0.2) is 24.3 Å². The molecule has 104 valence electrons. The van der Waals surface area contributed by atoms with Crippen LogP contribution in [0.5, 0.6) is 0 Å². The fraction of sp³-hybridized carbons (Fsp3) is 0.533. The third-order valence-electron chi connectivity index (χ3n) is 3.56. The van der Waals surface area contributed by atoms with Crippen molar-refractivity contribution in [3.05, 3.63) is 35.4 Å². The van der Waals surface area contributed by atoms with E-state index < -0.39 is 0 Å². The zero-order valence-corrected chi connectivity index (χ0v) is 11.3. The van der Waals surface area contributed by atoms with Crippen molar-refractivity contribution in [3.63, 3.8) is 0 Å². The van der Waals surface area contributed by atoms with Crippen molar-refractivity contribution in [2.45, 2.75) is 31.9 Å². The minimum atomic E-state index is -0.221. The summed E-state index contributed by atoms with van der Waals surface area (Å²) < 4.78 is 4.72. The molecule has 1 heterocycles. The monoisotopic (exact) mass is 263 g/mol. The van der Waals surface area contributed by atoms with Gasteiger partial charge in [-0.25, -0.2) is 0 Å². The standard InChI is InChI=1S/C15H21NO3/c1-19-15(18)9-12-5-2-3-6-13(12)10-16-8-4-7-14(17)11-16/h2-3,5-6,14,17H,4,7-11H2,1H3/t14-/m0/s1. The van der Waals surface area contributed by atoms with Gasteiger partial charge in [0.2, 0.25) is 0 Å². The summed E-state index contributed by atoms with van der Waals surface area (Å²) in [6, 6.07) is 7.93. The van der Waals surface area contributed by atoms with Gasteiger partial charge in [-0.05, 0) is 30.5 Å². The molecule has 1 aromatic rings. The summed E-state index contributed by atoms with van der Waals surface area (Å²) in [7, 11) is 1.41. The summed E-state index contributed by atoms with van der Waals surface area (Å²) in [5, 5.41) is 9.69. The molecule has 1 saturated heterocycles. The molecular formula is C15H21NO3. The smallest absolute Gasteiger partial charge is 0.309 e. The predicted octanol–water partition coefficient (Wildman–Crippen LogP) is 1.36. The molecule has 1 aliphatic heterocycles. The van der Waals surface area contributed by atoms with Gasteiger partial charge in [0.05, 0.1) is 19.6 Å². The molecule has 0 amide bonds. The van der Waals surface area contributed by atoms with Gasteiger partial charge in [-0.1, -0.05) is 24.3 Å². The average Bonchev–Trinajstić information content (AvgIpc) is 2.41. The summed E-state index contributed by atoms with van der Waals surface area (Å²) in [6.07, 6.45) is 2.01. The van der Waals surface area contributed by atoms with Crippen LogP contribution in [0.25, 0.3) is 0 Å². The summed E-state index contributed by atoms with van der Waals surface area (Å²) >= 11 is 0. The van der Waals surface area contributed by atoms with Gasteiger partial charge in [0.25, 0.3) is 0 Å². The van der Waals surface area contributed by atoms with Crippen molar-refractivity contribution in [3.8, 4) is 0 Å². The fourth-order valence-corrected chi connectivity index (χ4v) is 2.53. The first kappa shape index (κ1) is 14.0. The number of hydrogen-bond donors (Lipinski definition) is 1. The molecule has 1 atom stereocenters. The minimum Gasteiger partial charge on any atom is -0.469 e. The highest BCUT2D eigenvalue weighted by Gasteiger charge is 2.18. The molecular weight excluding hydrogens is 242 g/mol. The van der Waals surface area contributed by atoms with Crippen LogP contribution in [0.1, 0.15) is 24.0 Å². The van der Waals surface area contributed by atoms with E-state index in [1.54, 1.807) is 0 Å². The summed E-state index contributed by atoms with van der Waals surface area (Å²) in [5.41, 5.74) is 2.15. The predicted molar refractivity (Wildman–Crippen MR) is 72.7 cm³/mol. The Morgan fingerprint density at radius 3 is 2.84 bits per heavy atom. The number of carbonyl (C=O) groups is 1. The van der Waals surface area contributed by atoms with Gasteiger partial charge in [-0.2, -0.15) is 0 Å². The van der Waals surface area contributed by atoms with Crippen molar-refractivity contribution < 1.29 is 14.6 Å². The molecule has 4 nitrogen and oxygen atoms in total. The number of β-amino-alcohol motifs (C(OH)–C–C–N with tert-alkyl or cyclic N) is 1. The first-order chi connectivity index (χ1) is 9.19. The topological polar surface area (TPSA) is 49.8 Å². The van der Waals surface area contributed by atoms with Crippen LogP contribution in [0, 0.1) is 0 Å². The van der Waals surface area contributed by atoms with Crippen molar-refractivity contribution >= 4 is 5.97 Å². The normalized spacial score (nSPS) is 20.2. The van der Waals surface area contributed by atoms with E-state index in [-0.39, 0.29) is 12.1 Å². The maximum Gasteiger partial charge on any atom is 0.309 e. The molecule has 1 fully saturated rings. The van der Waals surface area contributed by atoms with Crippen LogP contribution in [0.3, 0.4) is 0 Å². The summed E-state index contributed by atoms with van der Waals surface area (Å²) in [6.45, 7) is 2.50. The Hall–Kier alpha value is -1.39. The highest BCUT2D eigenvalue weighted by Crippen LogP contribution is 2.17. The zero-order chi connectivity index (χ0) is 13.7. The van der Waals surface area contributed by atoms with Crippen LogP contribution in [0.2, 0.25) is 0 Å². The molecule has 19 heavy (non-hydrogen) atoms. The largest absolute Gasteiger partial charge is 0.469 e. The lowest BCUT2D eigenvalue weighted by molar-refractivity contribution is -0.139. The number of aliphatic hydroxyl groups excluding tert-OH is 1. The maximum absolute atomic E-state index is 11.4. The second kappa shape index (κ2) is 6.68. The maximum atomic E-state index is 11.4. The molecule has 1 aliphatic rings. The Balaban J connectivity index is 2.04. The van der Waals surface area contributed by atoms with E-state index in [2.05, 4.69) is 4.90 Å². The number of benzene rings is 1. The molecule has 0 unspecified atom stereocenters. The number of piperidine rings is 1. The lowest BCUT2D eigenvalue weighted by Crippen LogP contribution is -2.37. The number of hydrogen-bond acceptors (Lipinski definition) is 4. The van der Waals surface area contributed by atoms with Gasteiger partial charge in [0.15, 0.2) is 0 Å². The Kier molecular flexibility index (Phi) is 4.93. The number of methoxy groups -OCH3 is 1. The molecule has 1 aromatic carbocycles. The highest BCUT2D eigenvalue weighted by atomic mass is 16.5. The van der Waals surface area contributed by atoms with E-state index in [4.69, 9.17) is 4.74 Å². The van der Waals surface area contributed by atoms with E-state index in [0.29, 0.717) is 13.0 Å². The van der Waals surface area contributed by atoms with Gasteiger partial charge in [-0.15, -0.1) is 0 Å². The first-order valence-electron chi connectivity index (χ1n) is 6.73. The highest BCUT2D eigenvalue weighted by molar-refractivity contribution is 5.72. The van der Waals surface area contributed by atoms with Gasteiger partial charge in [0.1, 0.15) is 0 Å². The van der Waals surface area contributed by atoms with Gasteiger partial charge in [-0.3, -0.25) is 9.69 Å². The van der Waals surface area contributed by atoms with Crippen molar-refractivity contribution in [1.29, 1.82) is 0 Å². The molecule has 0 radical (unpaired) electrons. The van der Waals surface area contributed by atoms with E-state index in [1.165, 1.54) is 7.11 Å². The van der Waals surface area contributed by atoms with E-state index in [0.717, 1.165) is 37.1 Å². The number of likely N-dealkylation sites (tertiary alicyclic amines) is 1. The summed E-state index contributed by atoms with van der Waals surface area (Å²) in [4.78, 5) is 13.6. The average molecular weight is 263 g/mol. The number of carbonyl (C=O) groups excluding carboxylic acids is 1. The molecule has 0 saturated carbocycles. The number of ether oxygens (including phenoxy) is 1. The van der Waals surface area contributed by atoms with Crippen LogP contribution in [-0.2, 0) is 22.5 Å². The summed E-state index contributed by atoms with van der Waals surface area (Å²) in [5.74, 6) is -0.217. The molecule has 0 spiro atoms. The lowest BCUT2D eigenvalue weighted by Gasteiger charge is -2.30.